The van der Waals surface area contributed by atoms with Gasteiger partial charge < -0.3 is 20.8 Å². The van der Waals surface area contributed by atoms with Gasteiger partial charge in [-0.3, -0.25) is 4.90 Å². The van der Waals surface area contributed by atoms with E-state index in [1.54, 1.807) is 12.1 Å². The second-order valence-electron chi connectivity index (χ2n) is 4.83. The van der Waals surface area contributed by atoms with Crippen molar-refractivity contribution in [2.24, 2.45) is 5.73 Å². The fourth-order valence-corrected chi connectivity index (χ4v) is 2.42. The van der Waals surface area contributed by atoms with Gasteiger partial charge in [-0.25, -0.2) is 0 Å². The zero-order valence-corrected chi connectivity index (χ0v) is 10.7. The smallest absolute Gasteiger partial charge is 0.124 e. The Balaban J connectivity index is 2.17. The summed E-state index contributed by atoms with van der Waals surface area (Å²) in [5.41, 5.74) is 6.64. The molecule has 0 radical (unpaired) electrons. The van der Waals surface area contributed by atoms with E-state index >= 15 is 0 Å². The van der Waals surface area contributed by atoms with Crippen LogP contribution in [0, 0.1) is 0 Å². The Morgan fingerprint density at radius 2 is 1.89 bits per heavy atom. The maximum absolute atomic E-state index is 9.92. The van der Waals surface area contributed by atoms with Crippen molar-refractivity contribution in [3.8, 4) is 11.5 Å². The van der Waals surface area contributed by atoms with Gasteiger partial charge in [-0.1, -0.05) is 6.07 Å². The van der Waals surface area contributed by atoms with E-state index in [9.17, 15) is 10.2 Å². The maximum atomic E-state index is 9.92. The van der Waals surface area contributed by atoms with Gasteiger partial charge in [0.1, 0.15) is 11.5 Å². The third-order valence-corrected chi connectivity index (χ3v) is 3.57. The zero-order chi connectivity index (χ0) is 13.1. The van der Waals surface area contributed by atoms with Gasteiger partial charge in [-0.05, 0) is 13.1 Å². The van der Waals surface area contributed by atoms with Gasteiger partial charge in [0.05, 0.1) is 6.04 Å². The molecule has 18 heavy (non-hydrogen) atoms. The highest BCUT2D eigenvalue weighted by atomic mass is 16.3. The molecule has 5 heteroatoms. The molecule has 0 saturated carbocycles. The molecule has 1 atom stereocenters. The number of phenolic OH excluding ortho intramolecular Hbond substituents is 2. The van der Waals surface area contributed by atoms with E-state index in [0.29, 0.717) is 6.54 Å². The fraction of sp³-hybridized carbons (Fsp3) is 0.538. The van der Waals surface area contributed by atoms with Crippen LogP contribution < -0.4 is 5.73 Å². The zero-order valence-electron chi connectivity index (χ0n) is 10.7. The van der Waals surface area contributed by atoms with Crippen LogP contribution in [-0.2, 0) is 0 Å². The third-order valence-electron chi connectivity index (χ3n) is 3.57. The predicted molar refractivity (Wildman–Crippen MR) is 70.6 cm³/mol. The lowest BCUT2D eigenvalue weighted by molar-refractivity contribution is 0.113. The second kappa shape index (κ2) is 5.56. The minimum atomic E-state index is 0.0132. The van der Waals surface area contributed by atoms with Crippen LogP contribution in [0.4, 0.5) is 0 Å². The Morgan fingerprint density at radius 3 is 2.44 bits per heavy atom. The molecule has 100 valence electrons. The van der Waals surface area contributed by atoms with Crippen LogP contribution in [0.5, 0.6) is 11.5 Å². The summed E-state index contributed by atoms with van der Waals surface area (Å²) < 4.78 is 0. The number of phenols is 2. The number of rotatable bonds is 3. The molecule has 0 spiro atoms. The average Bonchev–Trinajstić information content (AvgIpc) is 2.35. The van der Waals surface area contributed by atoms with Gasteiger partial charge in [0, 0.05) is 44.4 Å². The summed E-state index contributed by atoms with van der Waals surface area (Å²) in [4.78, 5) is 4.56. The van der Waals surface area contributed by atoms with E-state index in [1.807, 2.05) is 0 Å². The second-order valence-corrected chi connectivity index (χ2v) is 4.83. The highest BCUT2D eigenvalue weighted by molar-refractivity contribution is 5.41. The summed E-state index contributed by atoms with van der Waals surface area (Å²) in [6, 6.07) is 4.72. The molecule has 0 amide bonds. The van der Waals surface area contributed by atoms with E-state index in [2.05, 4.69) is 16.8 Å². The Hall–Kier alpha value is -1.30. The van der Waals surface area contributed by atoms with Crippen molar-refractivity contribution in [2.75, 3.05) is 39.8 Å². The summed E-state index contributed by atoms with van der Waals surface area (Å²) in [7, 11) is 2.10. The average molecular weight is 251 g/mol. The maximum Gasteiger partial charge on any atom is 0.124 e. The molecule has 4 N–H and O–H groups in total. The third kappa shape index (κ3) is 2.75. The quantitative estimate of drug-likeness (QED) is 0.723. The molecule has 1 unspecified atom stereocenters. The van der Waals surface area contributed by atoms with Crippen molar-refractivity contribution >= 4 is 0 Å². The van der Waals surface area contributed by atoms with E-state index in [4.69, 9.17) is 5.73 Å². The topological polar surface area (TPSA) is 73.0 Å². The van der Waals surface area contributed by atoms with Gasteiger partial charge >= 0.3 is 0 Å². The predicted octanol–water partition coefficient (Wildman–Crippen LogP) is 0.345. The van der Waals surface area contributed by atoms with Crippen molar-refractivity contribution in [1.29, 1.82) is 0 Å². The molecule has 1 saturated heterocycles. The van der Waals surface area contributed by atoms with E-state index in [0.717, 1.165) is 31.7 Å². The van der Waals surface area contributed by atoms with Crippen molar-refractivity contribution < 1.29 is 10.2 Å². The van der Waals surface area contributed by atoms with Gasteiger partial charge in [0.25, 0.3) is 0 Å². The molecule has 1 fully saturated rings. The van der Waals surface area contributed by atoms with Crippen LogP contribution in [0.2, 0.25) is 0 Å². The van der Waals surface area contributed by atoms with Crippen LogP contribution >= 0.6 is 0 Å². The Labute approximate surface area is 107 Å². The SMILES string of the molecule is CN1CCN(C(CN)c2ccc(O)cc2O)CC1. The van der Waals surface area contributed by atoms with Gasteiger partial charge in [0.2, 0.25) is 0 Å². The number of likely N-dealkylation sites (N-methyl/N-ethyl adjacent to an activating group) is 1. The van der Waals surface area contributed by atoms with Gasteiger partial charge in [-0.15, -0.1) is 0 Å². The van der Waals surface area contributed by atoms with Crippen molar-refractivity contribution in [3.63, 3.8) is 0 Å². The first-order valence-electron chi connectivity index (χ1n) is 6.26. The van der Waals surface area contributed by atoms with Gasteiger partial charge in [0.15, 0.2) is 0 Å². The number of hydrogen-bond donors (Lipinski definition) is 3. The first-order valence-corrected chi connectivity index (χ1v) is 6.26. The Bertz CT molecular complexity index is 403. The van der Waals surface area contributed by atoms with Crippen LogP contribution in [0.15, 0.2) is 18.2 Å². The Kier molecular flexibility index (Phi) is 4.06. The molecule has 2 rings (SSSR count). The standard InChI is InChI=1S/C13H21N3O2/c1-15-4-6-16(7-5-15)12(9-14)11-3-2-10(17)8-13(11)18/h2-3,8,12,17-18H,4-7,9,14H2,1H3. The molecule has 5 nitrogen and oxygen atoms in total. The van der Waals surface area contributed by atoms with Crippen molar-refractivity contribution in [2.45, 2.75) is 6.04 Å². The lowest BCUT2D eigenvalue weighted by Crippen LogP contribution is -2.47. The summed E-state index contributed by atoms with van der Waals surface area (Å²) in [6.45, 7) is 4.37. The lowest BCUT2D eigenvalue weighted by Gasteiger charge is -2.37. The molecular weight excluding hydrogens is 230 g/mol. The van der Waals surface area contributed by atoms with Crippen LogP contribution in [-0.4, -0.2) is 59.8 Å². The van der Waals surface area contributed by atoms with E-state index in [1.165, 1.54) is 6.07 Å². The lowest BCUT2D eigenvalue weighted by atomic mass is 10.0. The van der Waals surface area contributed by atoms with E-state index < -0.39 is 0 Å². The normalized spacial score (nSPS) is 19.9. The minimum Gasteiger partial charge on any atom is -0.508 e. The number of nitrogens with zero attached hydrogens (tertiary/aromatic N) is 2. The minimum absolute atomic E-state index is 0.0132. The number of benzene rings is 1. The summed E-state index contributed by atoms with van der Waals surface area (Å²) in [6.07, 6.45) is 0. The molecule has 0 bridgehead atoms. The molecule has 1 aliphatic rings. The summed E-state index contributed by atoms with van der Waals surface area (Å²) in [5, 5.41) is 19.2. The van der Waals surface area contributed by atoms with Gasteiger partial charge in [-0.2, -0.15) is 0 Å². The largest absolute Gasteiger partial charge is 0.508 e. The number of aromatic hydroxyl groups is 2. The first-order chi connectivity index (χ1) is 8.61. The van der Waals surface area contributed by atoms with Crippen molar-refractivity contribution in [3.05, 3.63) is 23.8 Å². The molecule has 0 aromatic heterocycles. The molecule has 1 aliphatic heterocycles. The summed E-state index contributed by atoms with van der Waals surface area (Å²) in [5.74, 6) is 0.190. The number of piperazine rings is 1. The molecular formula is C13H21N3O2. The molecule has 0 aliphatic carbocycles. The number of hydrogen-bond acceptors (Lipinski definition) is 5. The highest BCUT2D eigenvalue weighted by Crippen LogP contribution is 2.31. The molecule has 1 aromatic rings. The van der Waals surface area contributed by atoms with Crippen LogP contribution in [0.3, 0.4) is 0 Å². The monoisotopic (exact) mass is 251 g/mol. The van der Waals surface area contributed by atoms with Crippen LogP contribution in [0.1, 0.15) is 11.6 Å². The van der Waals surface area contributed by atoms with Crippen LogP contribution in [0.25, 0.3) is 0 Å². The summed E-state index contributed by atoms with van der Waals surface area (Å²) >= 11 is 0. The highest BCUT2D eigenvalue weighted by Gasteiger charge is 2.24. The fourth-order valence-electron chi connectivity index (χ4n) is 2.42. The molecule has 1 aromatic carbocycles. The van der Waals surface area contributed by atoms with Crippen molar-refractivity contribution in [1.82, 2.24) is 9.80 Å². The van der Waals surface area contributed by atoms with E-state index in [-0.39, 0.29) is 17.5 Å². The Morgan fingerprint density at radius 1 is 1.22 bits per heavy atom. The first kappa shape index (κ1) is 13.1. The molecule has 1 heterocycles. The number of nitrogens with two attached hydrogens (primary N) is 1.